The highest BCUT2D eigenvalue weighted by Crippen LogP contribution is 2.21. The minimum Gasteiger partial charge on any atom is -0.491 e. The second-order valence-electron chi connectivity index (χ2n) is 8.82. The van der Waals surface area contributed by atoms with Crippen LogP contribution in [0.5, 0.6) is 5.75 Å². The first-order valence-corrected chi connectivity index (χ1v) is 11.4. The summed E-state index contributed by atoms with van der Waals surface area (Å²) in [5.41, 5.74) is 1.28. The molecule has 0 saturated carbocycles. The van der Waals surface area contributed by atoms with Gasteiger partial charge >= 0.3 is 0 Å². The van der Waals surface area contributed by atoms with Crippen LogP contribution in [0, 0.1) is 0 Å². The number of aliphatic hydroxyl groups excluding tert-OH is 1. The maximum absolute atomic E-state index is 10.4. The number of benzene rings is 1. The Kier molecular flexibility index (Phi) is 7.80. The standard InChI is InChI=1S/C23H37N3O3/c27-22(18-24-8-3-1-2-4-9-24)19-29-23-7-5-6-20(14-23)15-25-16-21(17-25)26-10-12-28-13-11-26/h5-7,14,21-22,27H,1-4,8-13,15-19H2/t22-/m1/s1. The normalized spacial score (nSPS) is 24.0. The summed E-state index contributed by atoms with van der Waals surface area (Å²) in [6.45, 7) is 10.4. The van der Waals surface area contributed by atoms with E-state index in [1.54, 1.807) is 0 Å². The second-order valence-corrected chi connectivity index (χ2v) is 8.82. The van der Waals surface area contributed by atoms with E-state index < -0.39 is 6.10 Å². The first kappa shape index (κ1) is 21.1. The lowest BCUT2D eigenvalue weighted by atomic mass is 10.0. The van der Waals surface area contributed by atoms with Gasteiger partial charge in [0.15, 0.2) is 0 Å². The van der Waals surface area contributed by atoms with E-state index in [-0.39, 0.29) is 0 Å². The van der Waals surface area contributed by atoms with Gasteiger partial charge in [-0.05, 0) is 43.6 Å². The fourth-order valence-corrected chi connectivity index (χ4v) is 4.70. The van der Waals surface area contributed by atoms with Crippen molar-refractivity contribution in [2.45, 2.75) is 44.4 Å². The van der Waals surface area contributed by atoms with Gasteiger partial charge in [0.1, 0.15) is 18.5 Å². The molecular weight excluding hydrogens is 366 g/mol. The van der Waals surface area contributed by atoms with E-state index in [2.05, 4.69) is 32.9 Å². The molecule has 0 aromatic heterocycles. The number of rotatable bonds is 8. The molecule has 0 radical (unpaired) electrons. The molecule has 1 aromatic carbocycles. The van der Waals surface area contributed by atoms with Gasteiger partial charge < -0.3 is 19.5 Å². The molecule has 162 valence electrons. The average Bonchev–Trinajstić information content (AvgIpc) is 2.98. The molecule has 29 heavy (non-hydrogen) atoms. The largest absolute Gasteiger partial charge is 0.491 e. The maximum Gasteiger partial charge on any atom is 0.119 e. The van der Waals surface area contributed by atoms with E-state index in [1.807, 2.05) is 6.07 Å². The first-order valence-electron chi connectivity index (χ1n) is 11.4. The highest BCUT2D eigenvalue weighted by atomic mass is 16.5. The average molecular weight is 404 g/mol. The Hall–Kier alpha value is -1.18. The Morgan fingerprint density at radius 3 is 2.52 bits per heavy atom. The molecule has 3 aliphatic heterocycles. The van der Waals surface area contributed by atoms with Gasteiger partial charge in [0.25, 0.3) is 0 Å². The molecule has 3 saturated heterocycles. The zero-order chi connectivity index (χ0) is 19.9. The van der Waals surface area contributed by atoms with Crippen molar-refractivity contribution in [2.24, 2.45) is 0 Å². The summed E-state index contributed by atoms with van der Waals surface area (Å²) >= 11 is 0. The van der Waals surface area contributed by atoms with Crippen molar-refractivity contribution >= 4 is 0 Å². The van der Waals surface area contributed by atoms with Gasteiger partial charge in [-0.2, -0.15) is 0 Å². The third-order valence-corrected chi connectivity index (χ3v) is 6.41. The molecule has 6 heteroatoms. The summed E-state index contributed by atoms with van der Waals surface area (Å²) in [7, 11) is 0. The quantitative estimate of drug-likeness (QED) is 0.715. The van der Waals surface area contributed by atoms with E-state index in [0.29, 0.717) is 12.6 Å². The summed E-state index contributed by atoms with van der Waals surface area (Å²) in [6, 6.07) is 9.04. The zero-order valence-corrected chi connectivity index (χ0v) is 17.7. The fraction of sp³-hybridized carbons (Fsp3) is 0.739. The van der Waals surface area contributed by atoms with Crippen LogP contribution in [-0.2, 0) is 11.3 Å². The van der Waals surface area contributed by atoms with Gasteiger partial charge in [0.2, 0.25) is 0 Å². The Morgan fingerprint density at radius 2 is 1.76 bits per heavy atom. The summed E-state index contributed by atoms with van der Waals surface area (Å²) in [5, 5.41) is 10.4. The lowest BCUT2D eigenvalue weighted by molar-refractivity contribution is -0.0344. The molecule has 6 nitrogen and oxygen atoms in total. The summed E-state index contributed by atoms with van der Waals surface area (Å²) in [4.78, 5) is 7.44. The molecule has 0 amide bonds. The summed E-state index contributed by atoms with van der Waals surface area (Å²) in [5.74, 6) is 0.864. The van der Waals surface area contributed by atoms with Gasteiger partial charge in [-0.3, -0.25) is 9.80 Å². The zero-order valence-electron chi connectivity index (χ0n) is 17.7. The van der Waals surface area contributed by atoms with Crippen molar-refractivity contribution in [1.29, 1.82) is 0 Å². The Labute approximate surface area is 175 Å². The van der Waals surface area contributed by atoms with E-state index in [4.69, 9.17) is 9.47 Å². The Morgan fingerprint density at radius 1 is 1.00 bits per heavy atom. The minimum absolute atomic E-state index is 0.364. The van der Waals surface area contributed by atoms with Crippen LogP contribution in [0.2, 0.25) is 0 Å². The topological polar surface area (TPSA) is 48.4 Å². The highest BCUT2D eigenvalue weighted by molar-refractivity contribution is 5.28. The third-order valence-electron chi connectivity index (χ3n) is 6.41. The Bertz CT molecular complexity index is 609. The molecule has 0 bridgehead atoms. The number of hydrogen-bond donors (Lipinski definition) is 1. The van der Waals surface area contributed by atoms with Crippen molar-refractivity contribution in [1.82, 2.24) is 14.7 Å². The maximum atomic E-state index is 10.4. The highest BCUT2D eigenvalue weighted by Gasteiger charge is 2.32. The lowest BCUT2D eigenvalue weighted by Crippen LogP contribution is -2.60. The smallest absolute Gasteiger partial charge is 0.119 e. The lowest BCUT2D eigenvalue weighted by Gasteiger charge is -2.46. The summed E-state index contributed by atoms with van der Waals surface area (Å²) in [6.07, 6.45) is 4.71. The molecule has 3 heterocycles. The SMILES string of the molecule is O[C@@H](COc1cccc(CN2CC(N3CCOCC3)C2)c1)CN1CCCCCC1. The molecule has 4 rings (SSSR count). The third kappa shape index (κ3) is 6.40. The van der Waals surface area contributed by atoms with Crippen LogP contribution >= 0.6 is 0 Å². The number of morpholine rings is 1. The molecule has 0 unspecified atom stereocenters. The van der Waals surface area contributed by atoms with Gasteiger partial charge in [-0.15, -0.1) is 0 Å². The molecule has 3 aliphatic rings. The van der Waals surface area contributed by atoms with Crippen LogP contribution < -0.4 is 4.74 Å². The molecule has 3 fully saturated rings. The second kappa shape index (κ2) is 10.7. The molecule has 1 N–H and O–H groups in total. The van der Waals surface area contributed by atoms with Gasteiger partial charge in [-0.1, -0.05) is 25.0 Å². The van der Waals surface area contributed by atoms with E-state index in [1.165, 1.54) is 31.2 Å². The van der Waals surface area contributed by atoms with E-state index in [9.17, 15) is 5.11 Å². The molecule has 0 aliphatic carbocycles. The van der Waals surface area contributed by atoms with Gasteiger partial charge in [-0.25, -0.2) is 0 Å². The van der Waals surface area contributed by atoms with Crippen LogP contribution in [0.1, 0.15) is 31.2 Å². The Balaban J connectivity index is 1.18. The first-order chi connectivity index (χ1) is 14.3. The van der Waals surface area contributed by atoms with Crippen LogP contribution in [0.25, 0.3) is 0 Å². The van der Waals surface area contributed by atoms with Crippen molar-refractivity contribution in [2.75, 3.05) is 65.6 Å². The van der Waals surface area contributed by atoms with Gasteiger partial charge in [0, 0.05) is 45.3 Å². The van der Waals surface area contributed by atoms with Crippen molar-refractivity contribution in [3.8, 4) is 5.75 Å². The molecular formula is C23H37N3O3. The predicted octanol–water partition coefficient (Wildman–Crippen LogP) is 1.82. The molecule has 1 atom stereocenters. The predicted molar refractivity (Wildman–Crippen MR) is 114 cm³/mol. The molecule has 1 aromatic rings. The number of β-amino-alcohol motifs (C(OH)–C–C–N with tert-alkyl or cyclic N) is 1. The monoisotopic (exact) mass is 403 g/mol. The van der Waals surface area contributed by atoms with Crippen molar-refractivity contribution < 1.29 is 14.6 Å². The molecule has 0 spiro atoms. The fourth-order valence-electron chi connectivity index (χ4n) is 4.70. The van der Waals surface area contributed by atoms with Crippen LogP contribution in [0.15, 0.2) is 24.3 Å². The summed E-state index contributed by atoms with van der Waals surface area (Å²) < 4.78 is 11.4. The van der Waals surface area contributed by atoms with E-state index in [0.717, 1.165) is 71.3 Å². The number of ether oxygens (including phenoxy) is 2. The number of nitrogens with zero attached hydrogens (tertiary/aromatic N) is 3. The van der Waals surface area contributed by atoms with Crippen LogP contribution in [-0.4, -0.2) is 97.6 Å². The van der Waals surface area contributed by atoms with Crippen LogP contribution in [0.3, 0.4) is 0 Å². The van der Waals surface area contributed by atoms with E-state index >= 15 is 0 Å². The van der Waals surface area contributed by atoms with Crippen molar-refractivity contribution in [3.05, 3.63) is 29.8 Å². The van der Waals surface area contributed by atoms with Gasteiger partial charge in [0.05, 0.1) is 13.2 Å². The number of hydrogen-bond acceptors (Lipinski definition) is 6. The number of likely N-dealkylation sites (tertiary alicyclic amines) is 2. The minimum atomic E-state index is -0.429. The number of aliphatic hydroxyl groups is 1. The van der Waals surface area contributed by atoms with Crippen molar-refractivity contribution in [3.63, 3.8) is 0 Å². The van der Waals surface area contributed by atoms with Crippen LogP contribution in [0.4, 0.5) is 0 Å².